The Bertz CT molecular complexity index is 801. The van der Waals surface area contributed by atoms with Crippen LogP contribution in [0.25, 0.3) is 5.69 Å². The molecule has 0 aliphatic carbocycles. The summed E-state index contributed by atoms with van der Waals surface area (Å²) < 4.78 is 1.53. The molecule has 0 aliphatic heterocycles. The Labute approximate surface area is 138 Å². The molecule has 0 spiro atoms. The molecule has 5 nitrogen and oxygen atoms in total. The number of nitrogens with one attached hydrogen (secondary N) is 1. The van der Waals surface area contributed by atoms with E-state index in [1.807, 2.05) is 42.5 Å². The number of aromatic nitrogens is 3. The van der Waals surface area contributed by atoms with Crippen molar-refractivity contribution in [3.8, 4) is 5.69 Å². The highest BCUT2D eigenvalue weighted by Gasteiger charge is 2.11. The van der Waals surface area contributed by atoms with Crippen LogP contribution in [-0.2, 0) is 6.42 Å². The van der Waals surface area contributed by atoms with Gasteiger partial charge < -0.3 is 5.32 Å². The van der Waals surface area contributed by atoms with Crippen LogP contribution in [0.15, 0.2) is 60.8 Å². The van der Waals surface area contributed by atoms with Gasteiger partial charge in [0.25, 0.3) is 5.91 Å². The van der Waals surface area contributed by atoms with Crippen molar-refractivity contribution in [1.82, 2.24) is 20.3 Å². The molecule has 1 amide bonds. The highest BCUT2D eigenvalue weighted by Crippen LogP contribution is 2.13. The number of hydrogen-bond donors (Lipinski definition) is 1. The van der Waals surface area contributed by atoms with Crippen molar-refractivity contribution in [2.24, 2.45) is 0 Å². The fraction of sp³-hybridized carbons (Fsp3) is 0.118. The zero-order chi connectivity index (χ0) is 16.1. The number of carbonyl (C=O) groups is 1. The van der Waals surface area contributed by atoms with E-state index in [1.165, 1.54) is 10.2 Å². The second-order valence-corrected chi connectivity index (χ2v) is 5.46. The number of halogens is 1. The molecule has 0 radical (unpaired) electrons. The molecule has 0 aliphatic rings. The third-order valence-corrected chi connectivity index (χ3v) is 3.58. The van der Waals surface area contributed by atoms with Crippen molar-refractivity contribution in [2.45, 2.75) is 6.42 Å². The van der Waals surface area contributed by atoms with Gasteiger partial charge in [0.1, 0.15) is 0 Å². The highest BCUT2D eigenvalue weighted by molar-refractivity contribution is 6.30. The van der Waals surface area contributed by atoms with E-state index >= 15 is 0 Å². The lowest BCUT2D eigenvalue weighted by Crippen LogP contribution is -2.26. The van der Waals surface area contributed by atoms with Crippen molar-refractivity contribution in [3.05, 3.63) is 77.1 Å². The average molecular weight is 327 g/mol. The first-order chi connectivity index (χ1) is 11.2. The summed E-state index contributed by atoms with van der Waals surface area (Å²) >= 11 is 5.95. The molecule has 0 unspecified atom stereocenters. The maximum atomic E-state index is 12.1. The van der Waals surface area contributed by atoms with Gasteiger partial charge >= 0.3 is 0 Å². The van der Waals surface area contributed by atoms with Crippen LogP contribution in [0.2, 0.25) is 5.02 Å². The summed E-state index contributed by atoms with van der Waals surface area (Å²) in [6.07, 6.45) is 2.36. The van der Waals surface area contributed by atoms with Crippen molar-refractivity contribution in [3.63, 3.8) is 0 Å². The van der Waals surface area contributed by atoms with Gasteiger partial charge in [-0.1, -0.05) is 53.2 Å². The molecule has 0 atom stereocenters. The van der Waals surface area contributed by atoms with Crippen LogP contribution in [0, 0.1) is 0 Å². The number of rotatable bonds is 5. The van der Waals surface area contributed by atoms with E-state index in [1.54, 1.807) is 18.3 Å². The van der Waals surface area contributed by atoms with Crippen LogP contribution in [-0.4, -0.2) is 27.4 Å². The molecular formula is C17H15ClN4O. The lowest BCUT2D eigenvalue weighted by Gasteiger charge is -2.03. The van der Waals surface area contributed by atoms with Crippen LogP contribution in [0.5, 0.6) is 0 Å². The largest absolute Gasteiger partial charge is 0.350 e. The molecule has 2 aromatic carbocycles. The normalized spacial score (nSPS) is 10.5. The molecule has 1 aromatic heterocycles. The second-order valence-electron chi connectivity index (χ2n) is 5.02. The minimum atomic E-state index is -0.241. The van der Waals surface area contributed by atoms with E-state index in [9.17, 15) is 4.79 Å². The topological polar surface area (TPSA) is 59.8 Å². The Morgan fingerprint density at radius 3 is 2.74 bits per heavy atom. The summed E-state index contributed by atoms with van der Waals surface area (Å²) in [6, 6.07) is 17.2. The van der Waals surface area contributed by atoms with Gasteiger partial charge in [-0.25, -0.2) is 4.68 Å². The van der Waals surface area contributed by atoms with Gasteiger partial charge in [0, 0.05) is 11.6 Å². The molecule has 23 heavy (non-hydrogen) atoms. The Balaban J connectivity index is 1.60. The van der Waals surface area contributed by atoms with Gasteiger partial charge in [0.2, 0.25) is 0 Å². The molecule has 6 heteroatoms. The minimum absolute atomic E-state index is 0.241. The lowest BCUT2D eigenvalue weighted by atomic mass is 10.1. The molecule has 0 saturated heterocycles. The molecule has 0 fully saturated rings. The van der Waals surface area contributed by atoms with Gasteiger partial charge in [-0.05, 0) is 30.2 Å². The van der Waals surface area contributed by atoms with E-state index in [2.05, 4.69) is 15.6 Å². The number of carbonyl (C=O) groups excluding carboxylic acids is 1. The number of benzene rings is 2. The van der Waals surface area contributed by atoms with Crippen molar-refractivity contribution in [2.75, 3.05) is 6.54 Å². The quantitative estimate of drug-likeness (QED) is 0.784. The Morgan fingerprint density at radius 2 is 1.96 bits per heavy atom. The first-order valence-electron chi connectivity index (χ1n) is 7.23. The second kappa shape index (κ2) is 7.07. The van der Waals surface area contributed by atoms with Gasteiger partial charge in [-0.15, -0.1) is 5.10 Å². The Kier molecular flexibility index (Phi) is 4.68. The fourth-order valence-corrected chi connectivity index (χ4v) is 2.35. The standard InChI is InChI=1S/C17H15ClN4O/c18-14-7-4-8-15(11-14)22-12-16(20-21-22)17(23)19-10-9-13-5-2-1-3-6-13/h1-8,11-12H,9-10H2,(H,19,23). The van der Waals surface area contributed by atoms with E-state index in [-0.39, 0.29) is 11.6 Å². The summed E-state index contributed by atoms with van der Waals surface area (Å²) in [5.41, 5.74) is 2.21. The van der Waals surface area contributed by atoms with Gasteiger partial charge in [0.05, 0.1) is 11.9 Å². The zero-order valence-corrected chi connectivity index (χ0v) is 13.1. The van der Waals surface area contributed by atoms with E-state index in [4.69, 9.17) is 11.6 Å². The molecule has 0 bridgehead atoms. The fourth-order valence-electron chi connectivity index (χ4n) is 2.17. The SMILES string of the molecule is O=C(NCCc1ccccc1)c1cn(-c2cccc(Cl)c2)nn1. The first-order valence-corrected chi connectivity index (χ1v) is 7.60. The van der Waals surface area contributed by atoms with E-state index in [0.717, 1.165) is 12.1 Å². The Hall–Kier alpha value is -2.66. The van der Waals surface area contributed by atoms with Crippen LogP contribution in [0.4, 0.5) is 0 Å². The predicted octanol–water partition coefficient (Wildman–Crippen LogP) is 2.89. The van der Waals surface area contributed by atoms with Gasteiger partial charge in [0.15, 0.2) is 5.69 Å². The average Bonchev–Trinajstić information content (AvgIpc) is 3.06. The summed E-state index contributed by atoms with van der Waals surface area (Å²) in [5.74, 6) is -0.241. The first kappa shape index (κ1) is 15.2. The zero-order valence-electron chi connectivity index (χ0n) is 12.3. The third-order valence-electron chi connectivity index (χ3n) is 3.34. The van der Waals surface area contributed by atoms with E-state index in [0.29, 0.717) is 11.6 Å². The maximum absolute atomic E-state index is 12.1. The molecule has 3 rings (SSSR count). The summed E-state index contributed by atoms with van der Waals surface area (Å²) in [5, 5.41) is 11.3. The lowest BCUT2D eigenvalue weighted by molar-refractivity contribution is 0.0949. The summed E-state index contributed by atoms with van der Waals surface area (Å²) in [6.45, 7) is 0.548. The van der Waals surface area contributed by atoms with E-state index < -0.39 is 0 Å². The molecule has 116 valence electrons. The van der Waals surface area contributed by atoms with Crippen LogP contribution in [0.3, 0.4) is 0 Å². The monoisotopic (exact) mass is 326 g/mol. The summed E-state index contributed by atoms with van der Waals surface area (Å²) in [7, 11) is 0. The molecule has 1 N–H and O–H groups in total. The molecular weight excluding hydrogens is 312 g/mol. The minimum Gasteiger partial charge on any atom is -0.350 e. The summed E-state index contributed by atoms with van der Waals surface area (Å²) in [4.78, 5) is 12.1. The number of hydrogen-bond acceptors (Lipinski definition) is 3. The molecule has 1 heterocycles. The van der Waals surface area contributed by atoms with Crippen molar-refractivity contribution >= 4 is 17.5 Å². The van der Waals surface area contributed by atoms with Crippen LogP contribution >= 0.6 is 11.6 Å². The highest BCUT2D eigenvalue weighted by atomic mass is 35.5. The maximum Gasteiger partial charge on any atom is 0.273 e. The van der Waals surface area contributed by atoms with Crippen LogP contribution in [0.1, 0.15) is 16.1 Å². The Morgan fingerprint density at radius 1 is 1.13 bits per heavy atom. The van der Waals surface area contributed by atoms with Gasteiger partial charge in [-0.2, -0.15) is 0 Å². The van der Waals surface area contributed by atoms with Crippen molar-refractivity contribution in [1.29, 1.82) is 0 Å². The third kappa shape index (κ3) is 3.96. The number of nitrogens with zero attached hydrogens (tertiary/aromatic N) is 3. The predicted molar refractivity (Wildman–Crippen MR) is 88.8 cm³/mol. The number of amides is 1. The van der Waals surface area contributed by atoms with Gasteiger partial charge in [-0.3, -0.25) is 4.79 Å². The molecule has 0 saturated carbocycles. The van der Waals surface area contributed by atoms with Crippen LogP contribution < -0.4 is 5.32 Å². The molecule has 3 aromatic rings. The van der Waals surface area contributed by atoms with Crippen molar-refractivity contribution < 1.29 is 4.79 Å². The smallest absolute Gasteiger partial charge is 0.273 e.